The topological polar surface area (TPSA) is 75.3 Å². The van der Waals surface area contributed by atoms with E-state index < -0.39 is 32.7 Å². The van der Waals surface area contributed by atoms with Crippen molar-refractivity contribution in [2.75, 3.05) is 6.54 Å². The SMILES string of the molecule is CCNC(=O)C(Cc1ccccc1)NS(=O)(=O)c1ccccc1F. The van der Waals surface area contributed by atoms with Crippen LogP contribution in [0.1, 0.15) is 12.5 Å². The molecular formula is C17H19FN2O3S. The van der Waals surface area contributed by atoms with E-state index in [2.05, 4.69) is 10.0 Å². The van der Waals surface area contributed by atoms with Crippen molar-refractivity contribution in [2.45, 2.75) is 24.3 Å². The molecule has 0 radical (unpaired) electrons. The van der Waals surface area contributed by atoms with Crippen molar-refractivity contribution < 1.29 is 17.6 Å². The molecule has 2 N–H and O–H groups in total. The van der Waals surface area contributed by atoms with Crippen LogP contribution in [-0.2, 0) is 21.2 Å². The largest absolute Gasteiger partial charge is 0.355 e. The molecule has 2 aromatic carbocycles. The van der Waals surface area contributed by atoms with Crippen LogP contribution in [0.15, 0.2) is 59.5 Å². The number of nitrogens with one attached hydrogen (secondary N) is 2. The second-order valence-electron chi connectivity index (χ2n) is 5.19. The molecule has 0 saturated heterocycles. The average molecular weight is 350 g/mol. The number of carbonyl (C=O) groups excluding carboxylic acids is 1. The molecule has 24 heavy (non-hydrogen) atoms. The first-order valence-electron chi connectivity index (χ1n) is 7.52. The Hall–Kier alpha value is -2.25. The summed E-state index contributed by atoms with van der Waals surface area (Å²) in [5, 5.41) is 2.59. The number of amides is 1. The maximum atomic E-state index is 13.8. The van der Waals surface area contributed by atoms with Crippen LogP contribution in [0.3, 0.4) is 0 Å². The lowest BCUT2D eigenvalue weighted by molar-refractivity contribution is -0.122. The Bertz CT molecular complexity index is 794. The van der Waals surface area contributed by atoms with Gasteiger partial charge in [-0.3, -0.25) is 4.79 Å². The van der Waals surface area contributed by atoms with E-state index in [-0.39, 0.29) is 6.42 Å². The smallest absolute Gasteiger partial charge is 0.244 e. The minimum atomic E-state index is -4.16. The van der Waals surface area contributed by atoms with Gasteiger partial charge in [-0.2, -0.15) is 4.72 Å². The molecule has 0 bridgehead atoms. The van der Waals surface area contributed by atoms with Crippen LogP contribution in [0.5, 0.6) is 0 Å². The minimum Gasteiger partial charge on any atom is -0.355 e. The van der Waals surface area contributed by atoms with Gasteiger partial charge in [-0.1, -0.05) is 42.5 Å². The Kier molecular flexibility index (Phi) is 6.05. The summed E-state index contributed by atoms with van der Waals surface area (Å²) >= 11 is 0. The zero-order chi connectivity index (χ0) is 17.6. The lowest BCUT2D eigenvalue weighted by atomic mass is 10.1. The van der Waals surface area contributed by atoms with Crippen LogP contribution in [0.4, 0.5) is 4.39 Å². The molecule has 0 aliphatic carbocycles. The van der Waals surface area contributed by atoms with E-state index in [0.29, 0.717) is 6.54 Å². The number of rotatable bonds is 7. The van der Waals surface area contributed by atoms with Gasteiger partial charge in [0.25, 0.3) is 0 Å². The van der Waals surface area contributed by atoms with E-state index in [0.717, 1.165) is 17.7 Å². The van der Waals surface area contributed by atoms with Crippen molar-refractivity contribution in [3.8, 4) is 0 Å². The molecule has 1 atom stereocenters. The first kappa shape index (κ1) is 18.1. The Balaban J connectivity index is 2.27. The fraction of sp³-hybridized carbons (Fsp3) is 0.235. The van der Waals surface area contributed by atoms with Gasteiger partial charge in [-0.05, 0) is 31.0 Å². The van der Waals surface area contributed by atoms with Crippen molar-refractivity contribution >= 4 is 15.9 Å². The van der Waals surface area contributed by atoms with Crippen molar-refractivity contribution in [1.82, 2.24) is 10.0 Å². The standard InChI is InChI=1S/C17H19FN2O3S/c1-2-19-17(21)15(12-13-8-4-3-5-9-13)20-24(22,23)16-11-7-6-10-14(16)18/h3-11,15,20H,2,12H2,1H3,(H,19,21). The number of hydrogen-bond donors (Lipinski definition) is 2. The number of carbonyl (C=O) groups is 1. The summed E-state index contributed by atoms with van der Waals surface area (Å²) in [4.78, 5) is 11.7. The Morgan fingerprint density at radius 1 is 1.08 bits per heavy atom. The normalized spacial score (nSPS) is 12.6. The minimum absolute atomic E-state index is 0.167. The molecule has 128 valence electrons. The Labute approximate surface area is 141 Å². The van der Waals surface area contributed by atoms with Crippen molar-refractivity contribution in [1.29, 1.82) is 0 Å². The van der Waals surface area contributed by atoms with E-state index in [1.807, 2.05) is 6.07 Å². The van der Waals surface area contributed by atoms with E-state index in [9.17, 15) is 17.6 Å². The van der Waals surface area contributed by atoms with Crippen LogP contribution in [0, 0.1) is 5.82 Å². The molecule has 0 aliphatic heterocycles. The third-order valence-corrected chi connectivity index (χ3v) is 4.88. The molecule has 1 amide bonds. The van der Waals surface area contributed by atoms with Gasteiger partial charge in [-0.25, -0.2) is 12.8 Å². The van der Waals surface area contributed by atoms with Crippen molar-refractivity contribution in [3.63, 3.8) is 0 Å². The van der Waals surface area contributed by atoms with Gasteiger partial charge in [0.2, 0.25) is 15.9 Å². The number of sulfonamides is 1. The maximum absolute atomic E-state index is 13.8. The lowest BCUT2D eigenvalue weighted by Crippen LogP contribution is -2.48. The Morgan fingerprint density at radius 3 is 2.33 bits per heavy atom. The summed E-state index contributed by atoms with van der Waals surface area (Å²) in [6, 6.07) is 13.0. The fourth-order valence-electron chi connectivity index (χ4n) is 2.25. The van der Waals surface area contributed by atoms with Gasteiger partial charge in [0, 0.05) is 6.54 Å². The number of likely N-dealkylation sites (N-methyl/N-ethyl adjacent to an activating group) is 1. The molecule has 2 aromatic rings. The second kappa shape index (κ2) is 8.03. The summed E-state index contributed by atoms with van der Waals surface area (Å²) in [7, 11) is -4.16. The predicted molar refractivity (Wildman–Crippen MR) is 89.3 cm³/mol. The number of halogens is 1. The highest BCUT2D eigenvalue weighted by Crippen LogP contribution is 2.15. The van der Waals surface area contributed by atoms with Crippen LogP contribution in [-0.4, -0.2) is 26.9 Å². The Morgan fingerprint density at radius 2 is 1.71 bits per heavy atom. The molecule has 7 heteroatoms. The molecule has 0 fully saturated rings. The van der Waals surface area contributed by atoms with E-state index in [1.165, 1.54) is 12.1 Å². The summed E-state index contributed by atoms with van der Waals surface area (Å²) in [6.45, 7) is 2.11. The zero-order valence-electron chi connectivity index (χ0n) is 13.2. The average Bonchev–Trinajstić information content (AvgIpc) is 2.55. The highest BCUT2D eigenvalue weighted by atomic mass is 32.2. The van der Waals surface area contributed by atoms with E-state index >= 15 is 0 Å². The van der Waals surface area contributed by atoms with Gasteiger partial charge in [0.05, 0.1) is 0 Å². The molecular weight excluding hydrogens is 331 g/mol. The monoisotopic (exact) mass is 350 g/mol. The summed E-state index contributed by atoms with van der Waals surface area (Å²) < 4.78 is 41.0. The highest BCUT2D eigenvalue weighted by molar-refractivity contribution is 7.89. The van der Waals surface area contributed by atoms with Gasteiger partial charge < -0.3 is 5.32 Å². The van der Waals surface area contributed by atoms with Crippen LogP contribution < -0.4 is 10.0 Å². The number of benzene rings is 2. The fourth-order valence-corrected chi connectivity index (χ4v) is 3.52. The molecule has 0 aromatic heterocycles. The molecule has 1 unspecified atom stereocenters. The zero-order valence-corrected chi connectivity index (χ0v) is 14.0. The lowest BCUT2D eigenvalue weighted by Gasteiger charge is -2.18. The van der Waals surface area contributed by atoms with Crippen molar-refractivity contribution in [2.24, 2.45) is 0 Å². The molecule has 2 rings (SSSR count). The second-order valence-corrected chi connectivity index (χ2v) is 6.87. The van der Waals surface area contributed by atoms with E-state index in [4.69, 9.17) is 0 Å². The first-order valence-corrected chi connectivity index (χ1v) is 9.01. The van der Waals surface area contributed by atoms with Gasteiger partial charge in [0.1, 0.15) is 16.8 Å². The molecule has 0 saturated carbocycles. The summed E-state index contributed by atoms with van der Waals surface area (Å²) in [6.07, 6.45) is 0.167. The quantitative estimate of drug-likeness (QED) is 0.800. The highest BCUT2D eigenvalue weighted by Gasteiger charge is 2.27. The van der Waals surface area contributed by atoms with Crippen LogP contribution in [0.2, 0.25) is 0 Å². The molecule has 0 spiro atoms. The molecule has 0 heterocycles. The van der Waals surface area contributed by atoms with E-state index in [1.54, 1.807) is 31.2 Å². The first-order chi connectivity index (χ1) is 11.4. The molecule has 0 aliphatic rings. The van der Waals surface area contributed by atoms with Crippen molar-refractivity contribution in [3.05, 3.63) is 66.0 Å². The van der Waals surface area contributed by atoms with Gasteiger partial charge >= 0.3 is 0 Å². The number of hydrogen-bond acceptors (Lipinski definition) is 3. The third-order valence-electron chi connectivity index (χ3n) is 3.37. The maximum Gasteiger partial charge on any atom is 0.244 e. The third kappa shape index (κ3) is 4.62. The molecule has 5 nitrogen and oxygen atoms in total. The van der Waals surface area contributed by atoms with Gasteiger partial charge in [-0.15, -0.1) is 0 Å². The van der Waals surface area contributed by atoms with Crippen LogP contribution in [0.25, 0.3) is 0 Å². The summed E-state index contributed by atoms with van der Waals surface area (Å²) in [5.74, 6) is -1.32. The van der Waals surface area contributed by atoms with Crippen LogP contribution >= 0.6 is 0 Å². The van der Waals surface area contributed by atoms with Gasteiger partial charge in [0.15, 0.2) is 0 Å². The predicted octanol–water partition coefficient (Wildman–Crippen LogP) is 1.85. The summed E-state index contributed by atoms with van der Waals surface area (Å²) in [5.41, 5.74) is 0.796.